The van der Waals surface area contributed by atoms with Gasteiger partial charge >= 0.3 is 0 Å². The molecule has 0 fully saturated rings. The van der Waals surface area contributed by atoms with E-state index in [2.05, 4.69) is 15.3 Å². The zero-order valence-electron chi connectivity index (χ0n) is 14.3. The molecule has 2 aromatic heterocycles. The lowest BCUT2D eigenvalue weighted by Crippen LogP contribution is -2.06. The third-order valence-electron chi connectivity index (χ3n) is 4.25. The van der Waals surface area contributed by atoms with Crippen molar-refractivity contribution in [1.29, 1.82) is 0 Å². The van der Waals surface area contributed by atoms with Crippen LogP contribution in [0.15, 0.2) is 54.6 Å². The Morgan fingerprint density at radius 3 is 2.58 bits per heavy atom. The van der Waals surface area contributed by atoms with Gasteiger partial charge in [-0.1, -0.05) is 47.1 Å². The number of ketones is 1. The van der Waals surface area contributed by atoms with E-state index in [1.807, 2.05) is 56.3 Å². The Kier molecular flexibility index (Phi) is 4.01. The molecule has 0 radical (unpaired) electrons. The summed E-state index contributed by atoms with van der Waals surface area (Å²) in [7, 11) is 0. The predicted octanol–water partition coefficient (Wildman–Crippen LogP) is 4.32. The molecular formula is C20H15ClN4O. The van der Waals surface area contributed by atoms with Crippen molar-refractivity contribution in [1.82, 2.24) is 20.0 Å². The summed E-state index contributed by atoms with van der Waals surface area (Å²) in [5.41, 5.74) is 4.04. The number of fused-ring (bicyclic) bond motifs is 1. The summed E-state index contributed by atoms with van der Waals surface area (Å²) in [4.78, 5) is 17.3. The van der Waals surface area contributed by atoms with Crippen LogP contribution in [0.5, 0.6) is 0 Å². The van der Waals surface area contributed by atoms with Gasteiger partial charge in [-0.25, -0.2) is 4.68 Å². The van der Waals surface area contributed by atoms with Crippen LogP contribution in [0.3, 0.4) is 0 Å². The number of carbonyl (C=O) groups is 1. The number of halogens is 1. The molecule has 4 rings (SSSR count). The highest BCUT2D eigenvalue weighted by atomic mass is 35.5. The highest BCUT2D eigenvalue weighted by molar-refractivity contribution is 6.31. The summed E-state index contributed by atoms with van der Waals surface area (Å²) >= 11 is 6.09. The highest BCUT2D eigenvalue weighted by Gasteiger charge is 2.20. The largest absolute Gasteiger partial charge is 0.287 e. The molecule has 2 heterocycles. The monoisotopic (exact) mass is 362 g/mol. The van der Waals surface area contributed by atoms with Gasteiger partial charge in [-0.05, 0) is 38.1 Å². The number of aromatic nitrogens is 4. The molecule has 0 aliphatic rings. The fourth-order valence-electron chi connectivity index (χ4n) is 2.98. The first-order valence-corrected chi connectivity index (χ1v) is 8.52. The summed E-state index contributed by atoms with van der Waals surface area (Å²) in [5, 5.41) is 9.89. The summed E-state index contributed by atoms with van der Waals surface area (Å²) < 4.78 is 1.68. The Bertz CT molecular complexity index is 1130. The third kappa shape index (κ3) is 2.76. The Morgan fingerprint density at radius 1 is 1.04 bits per heavy atom. The van der Waals surface area contributed by atoms with Crippen molar-refractivity contribution in [2.75, 3.05) is 0 Å². The Labute approximate surface area is 155 Å². The first-order valence-electron chi connectivity index (χ1n) is 8.14. The molecule has 5 nitrogen and oxygen atoms in total. The van der Waals surface area contributed by atoms with Crippen LogP contribution < -0.4 is 0 Å². The minimum absolute atomic E-state index is 0.146. The van der Waals surface area contributed by atoms with Crippen LogP contribution in [-0.2, 0) is 0 Å². The second kappa shape index (κ2) is 6.35. The molecule has 4 aromatic rings. The zero-order chi connectivity index (χ0) is 18.3. The van der Waals surface area contributed by atoms with Gasteiger partial charge in [0.2, 0.25) is 5.78 Å². The standard InChI is InChI=1S/C20H15ClN4O/c1-12-10-18(16-9-8-15(21)11-17(16)22-12)25-13(2)19(23-24-25)20(26)14-6-4-3-5-7-14/h3-11H,1-2H3. The van der Waals surface area contributed by atoms with Crippen LogP contribution in [0.1, 0.15) is 27.4 Å². The lowest BCUT2D eigenvalue weighted by atomic mass is 10.1. The van der Waals surface area contributed by atoms with E-state index in [0.717, 1.165) is 22.3 Å². The van der Waals surface area contributed by atoms with Gasteiger partial charge in [0, 0.05) is 21.7 Å². The van der Waals surface area contributed by atoms with E-state index in [1.165, 1.54) is 0 Å². The Morgan fingerprint density at radius 2 is 1.81 bits per heavy atom. The van der Waals surface area contributed by atoms with Crippen LogP contribution in [0.2, 0.25) is 5.02 Å². The van der Waals surface area contributed by atoms with Gasteiger partial charge in [0.15, 0.2) is 5.69 Å². The van der Waals surface area contributed by atoms with Crippen molar-refractivity contribution in [2.45, 2.75) is 13.8 Å². The molecule has 0 N–H and O–H groups in total. The summed E-state index contributed by atoms with van der Waals surface area (Å²) in [6.07, 6.45) is 0. The molecule has 2 aromatic carbocycles. The molecule has 6 heteroatoms. The molecule has 0 saturated heterocycles. The average molecular weight is 363 g/mol. The van der Waals surface area contributed by atoms with Crippen LogP contribution in [0.4, 0.5) is 0 Å². The second-order valence-electron chi connectivity index (χ2n) is 6.07. The molecule has 26 heavy (non-hydrogen) atoms. The number of benzene rings is 2. The van der Waals surface area contributed by atoms with E-state index < -0.39 is 0 Å². The van der Waals surface area contributed by atoms with Crippen LogP contribution in [-0.4, -0.2) is 25.8 Å². The van der Waals surface area contributed by atoms with Gasteiger partial charge in [0.1, 0.15) is 0 Å². The molecule has 0 aliphatic heterocycles. The third-order valence-corrected chi connectivity index (χ3v) is 4.49. The number of hydrogen-bond donors (Lipinski definition) is 0. The fraction of sp³-hybridized carbons (Fsp3) is 0.100. The van der Waals surface area contributed by atoms with Crippen LogP contribution >= 0.6 is 11.6 Å². The van der Waals surface area contributed by atoms with E-state index in [4.69, 9.17) is 11.6 Å². The van der Waals surface area contributed by atoms with Crippen molar-refractivity contribution in [3.05, 3.63) is 82.3 Å². The van der Waals surface area contributed by atoms with E-state index in [-0.39, 0.29) is 5.78 Å². The van der Waals surface area contributed by atoms with Gasteiger partial charge < -0.3 is 0 Å². The molecule has 0 spiro atoms. The first-order chi connectivity index (χ1) is 12.5. The molecule has 0 saturated carbocycles. The van der Waals surface area contributed by atoms with Crippen LogP contribution in [0.25, 0.3) is 16.6 Å². The average Bonchev–Trinajstić information content (AvgIpc) is 3.02. The number of pyridine rings is 1. The predicted molar refractivity (Wildman–Crippen MR) is 101 cm³/mol. The van der Waals surface area contributed by atoms with Gasteiger partial charge in [0.05, 0.1) is 16.9 Å². The quantitative estimate of drug-likeness (QED) is 0.509. The minimum Gasteiger partial charge on any atom is -0.287 e. The SMILES string of the molecule is Cc1cc(-n2nnc(C(=O)c3ccccc3)c2C)c2ccc(Cl)cc2n1. The number of hydrogen-bond acceptors (Lipinski definition) is 4. The van der Waals surface area contributed by atoms with Gasteiger partial charge in [-0.2, -0.15) is 0 Å². The second-order valence-corrected chi connectivity index (χ2v) is 6.51. The number of aryl methyl sites for hydroxylation is 1. The van der Waals surface area contributed by atoms with Crippen molar-refractivity contribution in [3.8, 4) is 5.69 Å². The minimum atomic E-state index is -0.146. The van der Waals surface area contributed by atoms with E-state index in [0.29, 0.717) is 22.0 Å². The molecule has 0 aliphatic carbocycles. The van der Waals surface area contributed by atoms with Gasteiger partial charge in [-0.15, -0.1) is 5.10 Å². The molecule has 0 atom stereocenters. The molecular weight excluding hydrogens is 348 g/mol. The van der Waals surface area contributed by atoms with Crippen molar-refractivity contribution >= 4 is 28.3 Å². The van der Waals surface area contributed by atoms with Gasteiger partial charge in [-0.3, -0.25) is 9.78 Å². The molecule has 0 bridgehead atoms. The maximum atomic E-state index is 12.7. The Hall–Kier alpha value is -3.05. The molecule has 128 valence electrons. The maximum absolute atomic E-state index is 12.7. The topological polar surface area (TPSA) is 60.7 Å². The van der Waals surface area contributed by atoms with Crippen molar-refractivity contribution in [2.24, 2.45) is 0 Å². The number of carbonyl (C=O) groups excluding carboxylic acids is 1. The molecule has 0 unspecified atom stereocenters. The lowest BCUT2D eigenvalue weighted by Gasteiger charge is -2.09. The maximum Gasteiger partial charge on any atom is 0.215 e. The van der Waals surface area contributed by atoms with Crippen molar-refractivity contribution < 1.29 is 4.79 Å². The van der Waals surface area contributed by atoms with Crippen LogP contribution in [0, 0.1) is 13.8 Å². The lowest BCUT2D eigenvalue weighted by molar-refractivity contribution is 0.103. The van der Waals surface area contributed by atoms with E-state index >= 15 is 0 Å². The number of nitrogens with zero attached hydrogens (tertiary/aromatic N) is 4. The normalized spacial score (nSPS) is 11.0. The fourth-order valence-corrected chi connectivity index (χ4v) is 3.15. The summed E-state index contributed by atoms with van der Waals surface area (Å²) in [6.45, 7) is 3.75. The first kappa shape index (κ1) is 16.4. The van der Waals surface area contributed by atoms with Crippen molar-refractivity contribution in [3.63, 3.8) is 0 Å². The Balaban J connectivity index is 1.87. The van der Waals surface area contributed by atoms with Gasteiger partial charge in [0.25, 0.3) is 0 Å². The highest BCUT2D eigenvalue weighted by Crippen LogP contribution is 2.26. The summed E-state index contributed by atoms with van der Waals surface area (Å²) in [5.74, 6) is -0.146. The smallest absolute Gasteiger partial charge is 0.215 e. The summed E-state index contributed by atoms with van der Waals surface area (Å²) in [6, 6.07) is 16.5. The van der Waals surface area contributed by atoms with E-state index in [1.54, 1.807) is 16.8 Å². The molecule has 0 amide bonds. The van der Waals surface area contributed by atoms with E-state index in [9.17, 15) is 4.79 Å². The zero-order valence-corrected chi connectivity index (χ0v) is 15.0. The number of rotatable bonds is 3.